The van der Waals surface area contributed by atoms with Gasteiger partial charge in [0.1, 0.15) is 0 Å². The van der Waals surface area contributed by atoms with E-state index < -0.39 is 0 Å². The quantitative estimate of drug-likeness (QED) is 0.793. The number of methoxy groups -OCH3 is 1. The molecule has 0 saturated carbocycles. The Morgan fingerprint density at radius 3 is 3.10 bits per heavy atom. The van der Waals surface area contributed by atoms with Crippen molar-refractivity contribution in [1.82, 2.24) is 9.88 Å². The molecule has 1 aromatic rings. The van der Waals surface area contributed by atoms with Gasteiger partial charge in [0, 0.05) is 38.0 Å². The van der Waals surface area contributed by atoms with Crippen molar-refractivity contribution in [1.29, 1.82) is 0 Å². The maximum atomic E-state index is 11.7. The number of rotatable bonds is 7. The topological polar surface area (TPSA) is 55.3 Å². The SMILES string of the molecule is COCCn1cc(NC(C)CC2CCCN2)ccc1=O. The molecule has 2 atom stereocenters. The molecule has 2 rings (SSSR count). The van der Waals surface area contributed by atoms with Crippen LogP contribution in [0.2, 0.25) is 0 Å². The minimum Gasteiger partial charge on any atom is -0.383 e. The summed E-state index contributed by atoms with van der Waals surface area (Å²) in [5.41, 5.74) is 1.00. The van der Waals surface area contributed by atoms with Crippen LogP contribution in [-0.2, 0) is 11.3 Å². The van der Waals surface area contributed by atoms with Crippen molar-refractivity contribution < 1.29 is 4.74 Å². The first kappa shape index (κ1) is 15.1. The zero-order valence-corrected chi connectivity index (χ0v) is 12.4. The predicted octanol–water partition coefficient (Wildman–Crippen LogP) is 1.44. The fourth-order valence-corrected chi connectivity index (χ4v) is 2.71. The first-order valence-electron chi connectivity index (χ1n) is 7.38. The van der Waals surface area contributed by atoms with Crippen LogP contribution in [0.25, 0.3) is 0 Å². The van der Waals surface area contributed by atoms with Crippen LogP contribution in [0, 0.1) is 0 Å². The van der Waals surface area contributed by atoms with Gasteiger partial charge in [0.2, 0.25) is 0 Å². The number of aromatic nitrogens is 1. The second-order valence-electron chi connectivity index (χ2n) is 5.52. The van der Waals surface area contributed by atoms with Gasteiger partial charge in [-0.15, -0.1) is 0 Å². The summed E-state index contributed by atoms with van der Waals surface area (Å²) in [6, 6.07) is 4.47. The number of pyridine rings is 1. The molecule has 1 aliphatic heterocycles. The number of hydrogen-bond acceptors (Lipinski definition) is 4. The average Bonchev–Trinajstić information content (AvgIpc) is 2.92. The summed E-state index contributed by atoms with van der Waals surface area (Å²) in [6.07, 6.45) is 5.52. The first-order valence-corrected chi connectivity index (χ1v) is 7.38. The third-order valence-electron chi connectivity index (χ3n) is 3.73. The van der Waals surface area contributed by atoms with Crippen molar-refractivity contribution >= 4 is 5.69 Å². The highest BCUT2D eigenvalue weighted by molar-refractivity contribution is 5.41. The van der Waals surface area contributed by atoms with E-state index in [0.29, 0.717) is 25.2 Å². The standard InChI is InChI=1S/C15H25N3O2/c1-12(10-13-4-3-7-16-13)17-14-5-6-15(19)18(11-14)8-9-20-2/h5-6,11-13,16-17H,3-4,7-10H2,1-2H3. The average molecular weight is 279 g/mol. The Kier molecular flexibility index (Phi) is 5.61. The lowest BCUT2D eigenvalue weighted by Gasteiger charge is -2.20. The molecule has 0 spiro atoms. The van der Waals surface area contributed by atoms with Gasteiger partial charge in [-0.2, -0.15) is 0 Å². The molecule has 20 heavy (non-hydrogen) atoms. The van der Waals surface area contributed by atoms with Crippen LogP contribution < -0.4 is 16.2 Å². The van der Waals surface area contributed by atoms with Crippen LogP contribution in [0.5, 0.6) is 0 Å². The van der Waals surface area contributed by atoms with Gasteiger partial charge >= 0.3 is 0 Å². The molecule has 2 N–H and O–H groups in total. The molecular weight excluding hydrogens is 254 g/mol. The normalized spacial score (nSPS) is 20.0. The fraction of sp³-hybridized carbons (Fsp3) is 0.667. The molecule has 0 radical (unpaired) electrons. The van der Waals surface area contributed by atoms with Gasteiger partial charge < -0.3 is 19.9 Å². The monoisotopic (exact) mass is 279 g/mol. The summed E-state index contributed by atoms with van der Waals surface area (Å²) in [4.78, 5) is 11.7. The first-order chi connectivity index (χ1) is 9.69. The Bertz CT molecular complexity index is 466. The van der Waals surface area contributed by atoms with Gasteiger partial charge in [-0.1, -0.05) is 0 Å². The minimum atomic E-state index is 0.0118. The van der Waals surface area contributed by atoms with Crippen LogP contribution in [0.4, 0.5) is 5.69 Å². The van der Waals surface area contributed by atoms with Crippen LogP contribution in [0.3, 0.4) is 0 Å². The highest BCUT2D eigenvalue weighted by Crippen LogP contribution is 2.14. The molecular formula is C15H25N3O2. The number of hydrogen-bond donors (Lipinski definition) is 2. The van der Waals surface area contributed by atoms with E-state index >= 15 is 0 Å². The van der Waals surface area contributed by atoms with Crippen LogP contribution in [-0.4, -0.2) is 36.9 Å². The number of ether oxygens (including phenoxy) is 1. The zero-order chi connectivity index (χ0) is 14.4. The molecule has 0 amide bonds. The lowest BCUT2D eigenvalue weighted by molar-refractivity contribution is 0.186. The third kappa shape index (κ3) is 4.35. The molecule has 112 valence electrons. The molecule has 0 bridgehead atoms. The Balaban J connectivity index is 1.92. The second-order valence-corrected chi connectivity index (χ2v) is 5.52. The van der Waals surface area contributed by atoms with Crippen molar-refractivity contribution in [2.75, 3.05) is 25.6 Å². The van der Waals surface area contributed by atoms with E-state index in [1.54, 1.807) is 17.7 Å². The van der Waals surface area contributed by atoms with E-state index in [4.69, 9.17) is 4.74 Å². The Labute approximate surface area is 120 Å². The maximum Gasteiger partial charge on any atom is 0.250 e. The lowest BCUT2D eigenvalue weighted by Crippen LogP contribution is -2.29. The molecule has 1 fully saturated rings. The van der Waals surface area contributed by atoms with Crippen LogP contribution >= 0.6 is 0 Å². The molecule has 1 aliphatic rings. The van der Waals surface area contributed by atoms with E-state index in [-0.39, 0.29) is 5.56 Å². The summed E-state index contributed by atoms with van der Waals surface area (Å²) < 4.78 is 6.71. The molecule has 1 aromatic heterocycles. The lowest BCUT2D eigenvalue weighted by atomic mass is 10.1. The van der Waals surface area contributed by atoms with Crippen LogP contribution in [0.1, 0.15) is 26.2 Å². The molecule has 5 nitrogen and oxygen atoms in total. The van der Waals surface area contributed by atoms with E-state index in [0.717, 1.165) is 18.7 Å². The summed E-state index contributed by atoms with van der Waals surface area (Å²) in [5.74, 6) is 0. The van der Waals surface area contributed by atoms with Gasteiger partial charge in [0.25, 0.3) is 5.56 Å². The van der Waals surface area contributed by atoms with Crippen molar-refractivity contribution in [3.05, 3.63) is 28.7 Å². The maximum absolute atomic E-state index is 11.7. The summed E-state index contributed by atoms with van der Waals surface area (Å²) in [5, 5.41) is 6.98. The van der Waals surface area contributed by atoms with Gasteiger partial charge in [-0.05, 0) is 38.8 Å². The summed E-state index contributed by atoms with van der Waals surface area (Å²) in [6.45, 7) is 4.46. The summed E-state index contributed by atoms with van der Waals surface area (Å²) in [7, 11) is 1.64. The van der Waals surface area contributed by atoms with E-state index in [2.05, 4.69) is 17.6 Å². The van der Waals surface area contributed by atoms with E-state index in [1.807, 2.05) is 12.3 Å². The Hall–Kier alpha value is -1.33. The second kappa shape index (κ2) is 7.45. The molecule has 2 unspecified atom stereocenters. The highest BCUT2D eigenvalue weighted by Gasteiger charge is 2.16. The molecule has 1 saturated heterocycles. The van der Waals surface area contributed by atoms with Crippen molar-refractivity contribution in [3.8, 4) is 0 Å². The van der Waals surface area contributed by atoms with Gasteiger partial charge in [-0.3, -0.25) is 4.79 Å². The largest absolute Gasteiger partial charge is 0.383 e. The van der Waals surface area contributed by atoms with Crippen LogP contribution in [0.15, 0.2) is 23.1 Å². The number of nitrogens with one attached hydrogen (secondary N) is 2. The minimum absolute atomic E-state index is 0.0118. The molecule has 0 aromatic carbocycles. The van der Waals surface area contributed by atoms with Gasteiger partial charge in [0.05, 0.1) is 12.3 Å². The number of anilines is 1. The zero-order valence-electron chi connectivity index (χ0n) is 12.4. The third-order valence-corrected chi connectivity index (χ3v) is 3.73. The highest BCUT2D eigenvalue weighted by atomic mass is 16.5. The summed E-state index contributed by atoms with van der Waals surface area (Å²) >= 11 is 0. The smallest absolute Gasteiger partial charge is 0.250 e. The molecule has 5 heteroatoms. The van der Waals surface area contributed by atoms with Gasteiger partial charge in [-0.25, -0.2) is 0 Å². The Morgan fingerprint density at radius 2 is 2.40 bits per heavy atom. The van der Waals surface area contributed by atoms with Crippen molar-refractivity contribution in [3.63, 3.8) is 0 Å². The van der Waals surface area contributed by atoms with Crippen molar-refractivity contribution in [2.45, 2.75) is 44.8 Å². The molecule has 2 heterocycles. The Morgan fingerprint density at radius 1 is 1.55 bits per heavy atom. The predicted molar refractivity (Wildman–Crippen MR) is 81.3 cm³/mol. The number of nitrogens with zero attached hydrogens (tertiary/aromatic N) is 1. The molecule has 0 aliphatic carbocycles. The van der Waals surface area contributed by atoms with Crippen molar-refractivity contribution in [2.24, 2.45) is 0 Å². The van der Waals surface area contributed by atoms with E-state index in [9.17, 15) is 4.79 Å². The van der Waals surface area contributed by atoms with Gasteiger partial charge in [0.15, 0.2) is 0 Å². The van der Waals surface area contributed by atoms with E-state index in [1.165, 1.54) is 12.8 Å². The fourth-order valence-electron chi connectivity index (χ4n) is 2.71.